The van der Waals surface area contributed by atoms with E-state index in [0.717, 1.165) is 32.5 Å². The number of pyridine rings is 1. The minimum atomic E-state index is -0.332. The second-order valence-electron chi connectivity index (χ2n) is 8.30. The molecule has 4 rings (SSSR count). The molecule has 1 unspecified atom stereocenters. The maximum absolute atomic E-state index is 13.8. The Labute approximate surface area is 181 Å². The lowest BCUT2D eigenvalue weighted by molar-refractivity contribution is -0.161. The van der Waals surface area contributed by atoms with Crippen LogP contribution in [0, 0.1) is 5.82 Å². The molecule has 1 aromatic heterocycles. The average molecular weight is 432 g/mol. The van der Waals surface area contributed by atoms with Crippen molar-refractivity contribution in [3.63, 3.8) is 0 Å². The van der Waals surface area contributed by atoms with Crippen LogP contribution in [0.15, 0.2) is 42.6 Å². The summed E-state index contributed by atoms with van der Waals surface area (Å²) in [6, 6.07) is 10.3. The van der Waals surface area contributed by atoms with Gasteiger partial charge in [-0.15, -0.1) is 0 Å². The number of piperidine rings is 1. The number of likely N-dealkylation sites (tertiary alicyclic amines) is 1. The molecule has 2 aromatic rings. The van der Waals surface area contributed by atoms with Crippen molar-refractivity contribution in [2.75, 3.05) is 32.7 Å². The third kappa shape index (κ3) is 4.66. The molecule has 160 valence electrons. The molecule has 30 heavy (non-hydrogen) atoms. The molecule has 1 atom stereocenters. The van der Waals surface area contributed by atoms with E-state index in [9.17, 15) is 9.18 Å². The zero-order valence-electron chi connectivity index (χ0n) is 17.2. The van der Waals surface area contributed by atoms with Gasteiger partial charge in [0, 0.05) is 38.8 Å². The number of carbonyl (C=O) groups excluding carboxylic acids is 1. The van der Waals surface area contributed by atoms with Gasteiger partial charge in [0.25, 0.3) is 5.91 Å². The summed E-state index contributed by atoms with van der Waals surface area (Å²) in [5, 5.41) is 0.479. The molecule has 3 heterocycles. The fraction of sp³-hybridized carbons (Fsp3) is 0.478. The summed E-state index contributed by atoms with van der Waals surface area (Å²) in [6.45, 7) is 5.63. The van der Waals surface area contributed by atoms with Crippen LogP contribution in [0.3, 0.4) is 0 Å². The van der Waals surface area contributed by atoms with Gasteiger partial charge in [0.2, 0.25) is 0 Å². The van der Waals surface area contributed by atoms with Crippen LogP contribution in [-0.4, -0.2) is 65.1 Å². The molecule has 1 spiro atoms. The molecule has 0 N–H and O–H groups in total. The van der Waals surface area contributed by atoms with Crippen molar-refractivity contribution in [2.24, 2.45) is 0 Å². The molecule has 0 aliphatic carbocycles. The normalized spacial score (nSPS) is 21.7. The Morgan fingerprint density at radius 2 is 2.03 bits per heavy atom. The summed E-state index contributed by atoms with van der Waals surface area (Å²) >= 11 is 6.25. The van der Waals surface area contributed by atoms with E-state index in [1.807, 2.05) is 24.0 Å². The van der Waals surface area contributed by atoms with Crippen LogP contribution < -0.4 is 0 Å². The lowest BCUT2D eigenvalue weighted by Crippen LogP contribution is -2.60. The van der Waals surface area contributed by atoms with E-state index >= 15 is 0 Å². The molecule has 0 saturated carbocycles. The molecule has 0 radical (unpaired) electrons. The van der Waals surface area contributed by atoms with Crippen LogP contribution in [0.2, 0.25) is 5.02 Å². The minimum Gasteiger partial charge on any atom is -0.368 e. The van der Waals surface area contributed by atoms with E-state index in [1.54, 1.807) is 24.4 Å². The SMILES string of the molecule is CC1CN(C(=O)c2ccccc2Cl)CC2(CCN(CCc3ncccc3F)CC2)O1. The van der Waals surface area contributed by atoms with Gasteiger partial charge < -0.3 is 14.5 Å². The molecular weight excluding hydrogens is 405 g/mol. The van der Waals surface area contributed by atoms with E-state index < -0.39 is 0 Å². The van der Waals surface area contributed by atoms with Crippen LogP contribution in [0.25, 0.3) is 0 Å². The van der Waals surface area contributed by atoms with Gasteiger partial charge in [0.1, 0.15) is 5.82 Å². The maximum atomic E-state index is 13.8. The number of aromatic nitrogens is 1. The Hall–Kier alpha value is -2.02. The first-order valence-corrected chi connectivity index (χ1v) is 10.9. The molecule has 7 heteroatoms. The summed E-state index contributed by atoms with van der Waals surface area (Å²) in [4.78, 5) is 21.4. The van der Waals surface area contributed by atoms with Crippen LogP contribution in [0.1, 0.15) is 35.8 Å². The quantitative estimate of drug-likeness (QED) is 0.738. The Morgan fingerprint density at radius 1 is 1.27 bits per heavy atom. The second-order valence-corrected chi connectivity index (χ2v) is 8.71. The molecule has 2 aliphatic heterocycles. The number of ether oxygens (including phenoxy) is 1. The van der Waals surface area contributed by atoms with Crippen molar-refractivity contribution >= 4 is 17.5 Å². The highest BCUT2D eigenvalue weighted by Gasteiger charge is 2.43. The number of morpholine rings is 1. The molecule has 1 amide bonds. The molecular formula is C23H27ClFN3O2. The van der Waals surface area contributed by atoms with Crippen molar-refractivity contribution in [2.45, 2.75) is 37.9 Å². The Morgan fingerprint density at radius 3 is 2.77 bits per heavy atom. The molecule has 2 aliphatic rings. The largest absolute Gasteiger partial charge is 0.368 e. The standard InChI is InChI=1S/C23H27ClFN3O2/c1-17-15-28(22(29)18-5-2-3-6-19(18)24)16-23(30-17)9-13-27(14-10-23)12-8-21-20(25)7-4-11-26-21/h2-7,11,17H,8-10,12-16H2,1H3. The predicted octanol–water partition coefficient (Wildman–Crippen LogP) is 3.81. The Bertz CT molecular complexity index is 902. The summed E-state index contributed by atoms with van der Waals surface area (Å²) < 4.78 is 20.2. The van der Waals surface area contributed by atoms with Gasteiger partial charge in [-0.05, 0) is 44.0 Å². The highest BCUT2D eigenvalue weighted by atomic mass is 35.5. The van der Waals surface area contributed by atoms with E-state index in [2.05, 4.69) is 9.88 Å². The van der Waals surface area contributed by atoms with Gasteiger partial charge in [-0.1, -0.05) is 23.7 Å². The highest BCUT2D eigenvalue weighted by molar-refractivity contribution is 6.33. The molecule has 2 fully saturated rings. The van der Waals surface area contributed by atoms with Crippen LogP contribution in [-0.2, 0) is 11.2 Å². The van der Waals surface area contributed by atoms with E-state index in [1.165, 1.54) is 6.07 Å². The van der Waals surface area contributed by atoms with Crippen molar-refractivity contribution in [3.05, 3.63) is 64.7 Å². The number of benzene rings is 1. The number of rotatable bonds is 4. The first-order valence-electron chi connectivity index (χ1n) is 10.5. The van der Waals surface area contributed by atoms with Crippen LogP contribution >= 0.6 is 11.6 Å². The lowest BCUT2D eigenvalue weighted by atomic mass is 9.88. The Kier molecular flexibility index (Phi) is 6.37. The number of carbonyl (C=O) groups is 1. The van der Waals surface area contributed by atoms with E-state index in [4.69, 9.17) is 16.3 Å². The zero-order chi connectivity index (χ0) is 21.1. The van der Waals surface area contributed by atoms with Crippen molar-refractivity contribution in [3.8, 4) is 0 Å². The predicted molar refractivity (Wildman–Crippen MR) is 114 cm³/mol. The molecule has 5 nitrogen and oxygen atoms in total. The zero-order valence-corrected chi connectivity index (χ0v) is 17.9. The van der Waals surface area contributed by atoms with Gasteiger partial charge >= 0.3 is 0 Å². The van der Waals surface area contributed by atoms with Gasteiger partial charge in [-0.25, -0.2) is 4.39 Å². The number of hydrogen-bond donors (Lipinski definition) is 0. The van der Waals surface area contributed by atoms with Gasteiger partial charge in [-0.2, -0.15) is 0 Å². The fourth-order valence-corrected chi connectivity index (χ4v) is 4.73. The topological polar surface area (TPSA) is 45.7 Å². The molecule has 0 bridgehead atoms. The lowest BCUT2D eigenvalue weighted by Gasteiger charge is -2.49. The summed E-state index contributed by atoms with van der Waals surface area (Å²) in [5.74, 6) is -0.285. The molecule has 2 saturated heterocycles. The number of nitrogens with zero attached hydrogens (tertiary/aromatic N) is 3. The number of amides is 1. The fourth-order valence-electron chi connectivity index (χ4n) is 4.51. The molecule has 1 aromatic carbocycles. The first kappa shape index (κ1) is 21.2. The summed E-state index contributed by atoms with van der Waals surface area (Å²) in [7, 11) is 0. The van der Waals surface area contributed by atoms with Crippen LogP contribution in [0.4, 0.5) is 4.39 Å². The van der Waals surface area contributed by atoms with Crippen molar-refractivity contribution in [1.29, 1.82) is 0 Å². The average Bonchev–Trinajstić information content (AvgIpc) is 2.74. The van der Waals surface area contributed by atoms with E-state index in [-0.39, 0.29) is 23.4 Å². The minimum absolute atomic E-state index is 0.0284. The number of halogens is 2. The first-order chi connectivity index (χ1) is 14.5. The van der Waals surface area contributed by atoms with Gasteiger partial charge in [-0.3, -0.25) is 9.78 Å². The summed E-state index contributed by atoms with van der Waals surface area (Å²) in [6.07, 6.45) is 3.88. The third-order valence-electron chi connectivity index (χ3n) is 6.07. The monoisotopic (exact) mass is 431 g/mol. The smallest absolute Gasteiger partial charge is 0.255 e. The van der Waals surface area contributed by atoms with Crippen molar-refractivity contribution in [1.82, 2.24) is 14.8 Å². The Balaban J connectivity index is 1.37. The van der Waals surface area contributed by atoms with Crippen LogP contribution in [0.5, 0.6) is 0 Å². The van der Waals surface area contributed by atoms with Crippen molar-refractivity contribution < 1.29 is 13.9 Å². The summed E-state index contributed by atoms with van der Waals surface area (Å²) in [5.41, 5.74) is 0.719. The third-order valence-corrected chi connectivity index (χ3v) is 6.40. The highest BCUT2D eigenvalue weighted by Crippen LogP contribution is 2.33. The number of hydrogen-bond acceptors (Lipinski definition) is 4. The second kappa shape index (κ2) is 9.00. The van der Waals surface area contributed by atoms with Gasteiger partial charge in [0.15, 0.2) is 0 Å². The maximum Gasteiger partial charge on any atom is 0.255 e. The van der Waals surface area contributed by atoms with E-state index in [0.29, 0.717) is 35.8 Å². The van der Waals surface area contributed by atoms with Gasteiger partial charge in [0.05, 0.1) is 34.5 Å².